The Balaban J connectivity index is 1.98. The minimum atomic E-state index is 0.761. The number of fused-ring (bicyclic) bond motifs is 2. The first-order valence-corrected chi connectivity index (χ1v) is 8.03. The van der Waals surface area contributed by atoms with Gasteiger partial charge >= 0.3 is 0 Å². The van der Waals surface area contributed by atoms with Crippen molar-refractivity contribution in [1.29, 1.82) is 0 Å². The lowest BCUT2D eigenvalue weighted by Gasteiger charge is -2.09. The van der Waals surface area contributed by atoms with Crippen LogP contribution in [0.2, 0.25) is 0 Å². The fourth-order valence-corrected chi connectivity index (χ4v) is 2.57. The molecule has 2 heteroatoms. The van der Waals surface area contributed by atoms with Gasteiger partial charge in [-0.1, -0.05) is 26.0 Å². The Morgan fingerprint density at radius 1 is 0.591 bits per heavy atom. The average Bonchev–Trinajstić information content (AvgIpc) is 2.56. The minimum Gasteiger partial charge on any atom is -0.494 e. The Kier molecular flexibility index (Phi) is 4.47. The summed E-state index contributed by atoms with van der Waals surface area (Å²) in [6.07, 6.45) is 2.05. The van der Waals surface area contributed by atoms with Crippen LogP contribution in [0.3, 0.4) is 0 Å². The number of hydrogen-bond acceptors (Lipinski definition) is 2. The lowest BCUT2D eigenvalue weighted by atomic mass is 10.0. The van der Waals surface area contributed by atoms with E-state index >= 15 is 0 Å². The third-order valence-electron chi connectivity index (χ3n) is 3.68. The molecule has 0 bridgehead atoms. The van der Waals surface area contributed by atoms with E-state index in [2.05, 4.69) is 50.2 Å². The zero-order chi connectivity index (χ0) is 15.4. The zero-order valence-electron chi connectivity index (χ0n) is 13.3. The molecule has 0 heterocycles. The van der Waals surface area contributed by atoms with Crippen molar-refractivity contribution in [3.63, 3.8) is 0 Å². The van der Waals surface area contributed by atoms with E-state index in [0.29, 0.717) is 0 Å². The first-order valence-electron chi connectivity index (χ1n) is 8.03. The summed E-state index contributed by atoms with van der Waals surface area (Å²) in [7, 11) is 0. The molecule has 0 radical (unpaired) electrons. The Bertz CT molecular complexity index is 710. The lowest BCUT2D eigenvalue weighted by molar-refractivity contribution is 0.317. The molecular weight excluding hydrogens is 272 g/mol. The van der Waals surface area contributed by atoms with Crippen molar-refractivity contribution in [2.75, 3.05) is 13.2 Å². The molecule has 0 spiro atoms. The quantitative estimate of drug-likeness (QED) is 0.553. The van der Waals surface area contributed by atoms with Crippen molar-refractivity contribution < 1.29 is 9.47 Å². The van der Waals surface area contributed by atoms with E-state index in [1.807, 2.05) is 12.1 Å². The monoisotopic (exact) mass is 294 g/mol. The maximum Gasteiger partial charge on any atom is 0.119 e. The van der Waals surface area contributed by atoms with Gasteiger partial charge in [-0.2, -0.15) is 0 Å². The molecule has 0 aromatic heterocycles. The van der Waals surface area contributed by atoms with E-state index < -0.39 is 0 Å². The third-order valence-corrected chi connectivity index (χ3v) is 3.68. The molecule has 0 atom stereocenters. The van der Waals surface area contributed by atoms with Gasteiger partial charge in [0.2, 0.25) is 0 Å². The molecule has 22 heavy (non-hydrogen) atoms. The largest absolute Gasteiger partial charge is 0.494 e. The van der Waals surface area contributed by atoms with Crippen molar-refractivity contribution in [1.82, 2.24) is 0 Å². The van der Waals surface area contributed by atoms with E-state index in [0.717, 1.165) is 37.6 Å². The maximum atomic E-state index is 5.72. The van der Waals surface area contributed by atoms with Gasteiger partial charge in [-0.05, 0) is 70.8 Å². The molecule has 3 aromatic rings. The van der Waals surface area contributed by atoms with Crippen molar-refractivity contribution in [3.8, 4) is 11.5 Å². The molecule has 114 valence electrons. The number of ether oxygens (including phenoxy) is 2. The number of rotatable bonds is 6. The molecule has 0 amide bonds. The second-order valence-corrected chi connectivity index (χ2v) is 5.57. The molecule has 2 nitrogen and oxygen atoms in total. The summed E-state index contributed by atoms with van der Waals surface area (Å²) >= 11 is 0. The van der Waals surface area contributed by atoms with E-state index in [4.69, 9.17) is 9.47 Å². The molecule has 0 saturated carbocycles. The maximum absolute atomic E-state index is 5.72. The summed E-state index contributed by atoms with van der Waals surface area (Å²) in [6.45, 7) is 5.76. The highest BCUT2D eigenvalue weighted by atomic mass is 16.5. The van der Waals surface area contributed by atoms with Crippen LogP contribution in [0.25, 0.3) is 21.5 Å². The highest BCUT2D eigenvalue weighted by Crippen LogP contribution is 2.28. The Morgan fingerprint density at radius 3 is 1.45 bits per heavy atom. The predicted octanol–water partition coefficient (Wildman–Crippen LogP) is 5.57. The summed E-state index contributed by atoms with van der Waals surface area (Å²) in [4.78, 5) is 0. The number of benzene rings is 3. The third kappa shape index (κ3) is 3.16. The zero-order valence-corrected chi connectivity index (χ0v) is 13.3. The van der Waals surface area contributed by atoms with E-state index in [1.54, 1.807) is 0 Å². The van der Waals surface area contributed by atoms with Gasteiger partial charge < -0.3 is 9.47 Å². The standard InChI is InChI=1S/C20H22O2/c1-3-9-21-19-7-5-15-12-18-14-20(22-10-4-2)8-6-16(18)11-17(15)13-19/h5-8,11-14H,3-4,9-10H2,1-2H3. The van der Waals surface area contributed by atoms with Gasteiger partial charge in [0.25, 0.3) is 0 Å². The SMILES string of the molecule is CCCOc1ccc2cc3cc(OCCC)ccc3cc2c1. The highest BCUT2D eigenvalue weighted by molar-refractivity contribution is 5.99. The molecule has 3 aromatic carbocycles. The lowest BCUT2D eigenvalue weighted by Crippen LogP contribution is -1.95. The van der Waals surface area contributed by atoms with E-state index in [-0.39, 0.29) is 0 Å². The first kappa shape index (κ1) is 14.7. The molecule has 0 aliphatic carbocycles. The van der Waals surface area contributed by atoms with Gasteiger partial charge in [0.05, 0.1) is 13.2 Å². The van der Waals surface area contributed by atoms with E-state index in [9.17, 15) is 0 Å². The second-order valence-electron chi connectivity index (χ2n) is 5.57. The van der Waals surface area contributed by atoms with Crippen molar-refractivity contribution in [3.05, 3.63) is 48.5 Å². The molecule has 0 unspecified atom stereocenters. The smallest absolute Gasteiger partial charge is 0.119 e. The molecule has 0 fully saturated rings. The molecule has 0 aliphatic rings. The Labute approximate surface area is 131 Å². The van der Waals surface area contributed by atoms with Crippen LogP contribution >= 0.6 is 0 Å². The normalized spacial score (nSPS) is 11.0. The number of hydrogen-bond donors (Lipinski definition) is 0. The van der Waals surface area contributed by atoms with Gasteiger partial charge in [-0.3, -0.25) is 0 Å². The highest BCUT2D eigenvalue weighted by Gasteiger charge is 2.02. The average molecular weight is 294 g/mol. The van der Waals surface area contributed by atoms with Gasteiger partial charge in [-0.15, -0.1) is 0 Å². The van der Waals surface area contributed by atoms with Crippen molar-refractivity contribution in [2.45, 2.75) is 26.7 Å². The van der Waals surface area contributed by atoms with Crippen LogP contribution in [0.1, 0.15) is 26.7 Å². The van der Waals surface area contributed by atoms with Crippen LogP contribution in [0.5, 0.6) is 11.5 Å². The van der Waals surface area contributed by atoms with Gasteiger partial charge in [-0.25, -0.2) is 0 Å². The fourth-order valence-electron chi connectivity index (χ4n) is 2.57. The molecule has 0 N–H and O–H groups in total. The topological polar surface area (TPSA) is 18.5 Å². The predicted molar refractivity (Wildman–Crippen MR) is 93.0 cm³/mol. The first-order chi connectivity index (χ1) is 10.8. The summed E-state index contributed by atoms with van der Waals surface area (Å²) in [5.74, 6) is 1.88. The molecule has 0 saturated heterocycles. The molecule has 0 aliphatic heterocycles. The van der Waals surface area contributed by atoms with Crippen LogP contribution in [0.15, 0.2) is 48.5 Å². The van der Waals surface area contributed by atoms with Crippen LogP contribution < -0.4 is 9.47 Å². The van der Waals surface area contributed by atoms with Crippen LogP contribution in [-0.4, -0.2) is 13.2 Å². The molecular formula is C20H22O2. The van der Waals surface area contributed by atoms with Crippen LogP contribution in [0, 0.1) is 0 Å². The van der Waals surface area contributed by atoms with Crippen LogP contribution in [-0.2, 0) is 0 Å². The van der Waals surface area contributed by atoms with Gasteiger partial charge in [0, 0.05) is 0 Å². The summed E-state index contributed by atoms with van der Waals surface area (Å²) in [5, 5.41) is 4.87. The van der Waals surface area contributed by atoms with Crippen LogP contribution in [0.4, 0.5) is 0 Å². The van der Waals surface area contributed by atoms with Crippen molar-refractivity contribution >= 4 is 21.5 Å². The Hall–Kier alpha value is -2.22. The van der Waals surface area contributed by atoms with Gasteiger partial charge in [0.1, 0.15) is 11.5 Å². The summed E-state index contributed by atoms with van der Waals surface area (Å²) in [6, 6.07) is 17.0. The van der Waals surface area contributed by atoms with Crippen molar-refractivity contribution in [2.24, 2.45) is 0 Å². The molecule has 3 rings (SSSR count). The van der Waals surface area contributed by atoms with Gasteiger partial charge in [0.15, 0.2) is 0 Å². The fraction of sp³-hybridized carbons (Fsp3) is 0.300. The second kappa shape index (κ2) is 6.69. The Morgan fingerprint density at radius 2 is 1.05 bits per heavy atom. The van der Waals surface area contributed by atoms with E-state index in [1.165, 1.54) is 21.5 Å². The summed E-state index contributed by atoms with van der Waals surface area (Å²) < 4.78 is 11.4. The minimum absolute atomic E-state index is 0.761. The summed E-state index contributed by atoms with van der Waals surface area (Å²) in [5.41, 5.74) is 0.